The number of ether oxygens (including phenoxy) is 2. The lowest BCUT2D eigenvalue weighted by atomic mass is 10.3. The van der Waals surface area contributed by atoms with Crippen molar-refractivity contribution < 1.29 is 17.9 Å². The van der Waals surface area contributed by atoms with Gasteiger partial charge in [0.25, 0.3) is 0 Å². The third-order valence-electron chi connectivity index (χ3n) is 2.13. The maximum Gasteiger partial charge on any atom is 0.240 e. The lowest BCUT2D eigenvalue weighted by molar-refractivity contribution is 0.355. The van der Waals surface area contributed by atoms with Crippen LogP contribution in [0.15, 0.2) is 17.0 Å². The number of nitrogens with one attached hydrogen (secondary N) is 1. The van der Waals surface area contributed by atoms with E-state index in [4.69, 9.17) is 15.2 Å². The van der Waals surface area contributed by atoms with Gasteiger partial charge in [-0.05, 0) is 6.07 Å². The number of nitrogen functional groups attached to an aromatic ring is 1. The number of rotatable bonds is 5. The summed E-state index contributed by atoms with van der Waals surface area (Å²) in [5.74, 6) is 0.604. The van der Waals surface area contributed by atoms with E-state index in [2.05, 4.69) is 4.72 Å². The smallest absolute Gasteiger partial charge is 0.240 e. The Morgan fingerprint density at radius 1 is 1.29 bits per heavy atom. The SMILES string of the molecule is CCNS(=O)(=O)c1cc(N)c(OC)c(OC)c1. The fourth-order valence-corrected chi connectivity index (χ4v) is 2.49. The molecule has 3 N–H and O–H groups in total. The van der Waals surface area contributed by atoms with Crippen LogP contribution in [0.25, 0.3) is 0 Å². The Hall–Kier alpha value is -1.47. The van der Waals surface area contributed by atoms with Crippen molar-refractivity contribution in [2.45, 2.75) is 11.8 Å². The maximum absolute atomic E-state index is 11.8. The Balaban J connectivity index is 3.34. The summed E-state index contributed by atoms with van der Waals surface area (Å²) in [7, 11) is -0.701. The molecule has 0 saturated carbocycles. The second-order valence-corrected chi connectivity index (χ2v) is 5.02. The van der Waals surface area contributed by atoms with Gasteiger partial charge < -0.3 is 15.2 Å². The minimum atomic E-state index is -3.56. The van der Waals surface area contributed by atoms with E-state index in [9.17, 15) is 8.42 Å². The average Bonchev–Trinajstić information content (AvgIpc) is 2.27. The van der Waals surface area contributed by atoms with Crippen molar-refractivity contribution in [2.75, 3.05) is 26.5 Å². The molecule has 0 aliphatic heterocycles. The number of anilines is 1. The van der Waals surface area contributed by atoms with Gasteiger partial charge in [0.1, 0.15) is 0 Å². The highest BCUT2D eigenvalue weighted by molar-refractivity contribution is 7.89. The maximum atomic E-state index is 11.8. The topological polar surface area (TPSA) is 90.7 Å². The molecule has 96 valence electrons. The molecule has 0 saturated heterocycles. The van der Waals surface area contributed by atoms with Crippen LogP contribution in [0.1, 0.15) is 6.92 Å². The number of hydrogen-bond donors (Lipinski definition) is 2. The zero-order valence-corrected chi connectivity index (χ0v) is 10.8. The summed E-state index contributed by atoms with van der Waals surface area (Å²) in [6.45, 7) is 2.00. The molecule has 0 aliphatic rings. The second kappa shape index (κ2) is 5.24. The molecule has 0 atom stereocenters. The third kappa shape index (κ3) is 2.80. The van der Waals surface area contributed by atoms with Crippen molar-refractivity contribution in [3.8, 4) is 11.5 Å². The quantitative estimate of drug-likeness (QED) is 0.756. The summed E-state index contributed by atoms with van der Waals surface area (Å²) < 4.78 is 36.0. The predicted molar refractivity (Wildman–Crippen MR) is 64.8 cm³/mol. The van der Waals surface area contributed by atoms with Crippen molar-refractivity contribution in [3.63, 3.8) is 0 Å². The van der Waals surface area contributed by atoms with Crippen molar-refractivity contribution in [2.24, 2.45) is 0 Å². The standard InChI is InChI=1S/C10H16N2O4S/c1-4-12-17(13,14)7-5-8(11)10(16-3)9(6-7)15-2/h5-6,12H,4,11H2,1-3H3. The zero-order chi connectivity index (χ0) is 13.1. The summed E-state index contributed by atoms with van der Waals surface area (Å²) in [5, 5.41) is 0. The summed E-state index contributed by atoms with van der Waals surface area (Å²) in [6.07, 6.45) is 0. The molecule has 0 spiro atoms. The van der Waals surface area contributed by atoms with Gasteiger partial charge in [0.15, 0.2) is 11.5 Å². The lowest BCUT2D eigenvalue weighted by Crippen LogP contribution is -2.23. The number of hydrogen-bond acceptors (Lipinski definition) is 5. The second-order valence-electron chi connectivity index (χ2n) is 3.25. The van der Waals surface area contributed by atoms with E-state index in [0.29, 0.717) is 12.3 Å². The molecule has 17 heavy (non-hydrogen) atoms. The molecule has 0 fully saturated rings. The van der Waals surface area contributed by atoms with Crippen molar-refractivity contribution in [3.05, 3.63) is 12.1 Å². The van der Waals surface area contributed by atoms with E-state index in [1.54, 1.807) is 6.92 Å². The number of methoxy groups -OCH3 is 2. The molecule has 6 nitrogen and oxygen atoms in total. The number of nitrogens with two attached hydrogens (primary N) is 1. The van der Waals surface area contributed by atoms with Gasteiger partial charge in [0.05, 0.1) is 24.8 Å². The lowest BCUT2D eigenvalue weighted by Gasteiger charge is -2.12. The summed E-state index contributed by atoms with van der Waals surface area (Å²) >= 11 is 0. The molecule has 0 heterocycles. The Morgan fingerprint density at radius 3 is 2.41 bits per heavy atom. The van der Waals surface area contributed by atoms with E-state index >= 15 is 0 Å². The largest absolute Gasteiger partial charge is 0.493 e. The van der Waals surface area contributed by atoms with Gasteiger partial charge in [-0.2, -0.15) is 0 Å². The van der Waals surface area contributed by atoms with Gasteiger partial charge in [-0.3, -0.25) is 0 Å². The van der Waals surface area contributed by atoms with Crippen LogP contribution in [0.5, 0.6) is 11.5 Å². The van der Waals surface area contributed by atoms with E-state index < -0.39 is 10.0 Å². The highest BCUT2D eigenvalue weighted by atomic mass is 32.2. The molecule has 1 aromatic carbocycles. The molecular weight excluding hydrogens is 244 g/mol. The van der Waals surface area contributed by atoms with Crippen LogP contribution in [-0.2, 0) is 10.0 Å². The van der Waals surface area contributed by atoms with Crippen molar-refractivity contribution >= 4 is 15.7 Å². The van der Waals surface area contributed by atoms with E-state index in [0.717, 1.165) is 0 Å². The molecule has 0 amide bonds. The zero-order valence-electron chi connectivity index (χ0n) is 9.98. The van der Waals surface area contributed by atoms with Crippen LogP contribution in [0, 0.1) is 0 Å². The van der Waals surface area contributed by atoms with E-state index in [1.165, 1.54) is 26.4 Å². The van der Waals surface area contributed by atoms with Crippen LogP contribution in [-0.4, -0.2) is 29.2 Å². The first-order valence-electron chi connectivity index (χ1n) is 4.97. The molecule has 7 heteroatoms. The Labute approximate surface area is 101 Å². The van der Waals surface area contributed by atoms with Crippen LogP contribution >= 0.6 is 0 Å². The summed E-state index contributed by atoms with van der Waals surface area (Å²) in [4.78, 5) is 0.0505. The summed E-state index contributed by atoms with van der Waals surface area (Å²) in [5.41, 5.74) is 5.92. The third-order valence-corrected chi connectivity index (χ3v) is 3.65. The Morgan fingerprint density at radius 2 is 1.94 bits per heavy atom. The molecule has 1 aromatic rings. The van der Waals surface area contributed by atoms with Crippen molar-refractivity contribution in [1.29, 1.82) is 0 Å². The highest BCUT2D eigenvalue weighted by Gasteiger charge is 2.18. The average molecular weight is 260 g/mol. The van der Waals surface area contributed by atoms with Crippen LogP contribution in [0.3, 0.4) is 0 Å². The molecule has 0 bridgehead atoms. The Bertz CT molecular complexity index is 499. The molecule has 0 unspecified atom stereocenters. The Kier molecular flexibility index (Phi) is 4.19. The monoisotopic (exact) mass is 260 g/mol. The van der Waals surface area contributed by atoms with Crippen LogP contribution in [0.2, 0.25) is 0 Å². The van der Waals surface area contributed by atoms with Gasteiger partial charge in [0, 0.05) is 12.6 Å². The van der Waals surface area contributed by atoms with Crippen LogP contribution < -0.4 is 19.9 Å². The fourth-order valence-electron chi connectivity index (χ4n) is 1.40. The van der Waals surface area contributed by atoms with Crippen LogP contribution in [0.4, 0.5) is 5.69 Å². The van der Waals surface area contributed by atoms with E-state index in [-0.39, 0.29) is 16.3 Å². The molecule has 0 aromatic heterocycles. The van der Waals surface area contributed by atoms with E-state index in [1.807, 2.05) is 0 Å². The predicted octanol–water partition coefficient (Wildman–Crippen LogP) is 0.584. The first kappa shape index (κ1) is 13.6. The minimum absolute atomic E-state index is 0.0505. The highest BCUT2D eigenvalue weighted by Crippen LogP contribution is 2.35. The van der Waals surface area contributed by atoms with Gasteiger partial charge >= 0.3 is 0 Å². The molecule has 1 rings (SSSR count). The first-order valence-corrected chi connectivity index (χ1v) is 6.45. The number of sulfonamides is 1. The van der Waals surface area contributed by atoms with Gasteiger partial charge in [0.2, 0.25) is 10.0 Å². The first-order chi connectivity index (χ1) is 7.96. The van der Waals surface area contributed by atoms with Gasteiger partial charge in [-0.25, -0.2) is 13.1 Å². The number of benzene rings is 1. The van der Waals surface area contributed by atoms with Gasteiger partial charge in [-0.1, -0.05) is 6.92 Å². The summed E-state index contributed by atoms with van der Waals surface area (Å²) in [6, 6.07) is 2.70. The van der Waals surface area contributed by atoms with Gasteiger partial charge in [-0.15, -0.1) is 0 Å². The normalized spacial score (nSPS) is 11.2. The van der Waals surface area contributed by atoms with Crippen molar-refractivity contribution in [1.82, 2.24) is 4.72 Å². The molecular formula is C10H16N2O4S. The molecule has 0 radical (unpaired) electrons. The fraction of sp³-hybridized carbons (Fsp3) is 0.400. The molecule has 0 aliphatic carbocycles. The minimum Gasteiger partial charge on any atom is -0.493 e.